The number of rotatable bonds is 4. The largest absolute Gasteiger partial charge is 0.375 e. The Labute approximate surface area is 156 Å². The van der Waals surface area contributed by atoms with Gasteiger partial charge in [-0.15, -0.1) is 0 Å². The molecule has 5 heteroatoms. The third-order valence-electron chi connectivity index (χ3n) is 4.05. The number of hydrogen-bond acceptors (Lipinski definition) is 5. The van der Waals surface area contributed by atoms with Crippen LogP contribution in [0.25, 0.3) is 0 Å². The summed E-state index contributed by atoms with van der Waals surface area (Å²) in [5.74, 6) is -0.504. The van der Waals surface area contributed by atoms with Crippen molar-refractivity contribution in [2.45, 2.75) is 16.7 Å². The molecule has 0 aromatic heterocycles. The highest BCUT2D eigenvalue weighted by Gasteiger charge is 2.27. The predicted octanol–water partition coefficient (Wildman–Crippen LogP) is 5.73. The van der Waals surface area contributed by atoms with E-state index >= 15 is 0 Å². The van der Waals surface area contributed by atoms with Gasteiger partial charge in [-0.1, -0.05) is 48.2 Å². The Hall–Kier alpha value is -2.76. The van der Waals surface area contributed by atoms with Crippen molar-refractivity contribution in [1.29, 1.82) is 0 Å². The van der Waals surface area contributed by atoms with E-state index in [4.69, 9.17) is 9.78 Å². The Morgan fingerprint density at radius 2 is 1.38 bits per heavy atom. The van der Waals surface area contributed by atoms with Gasteiger partial charge in [0.05, 0.1) is 29.2 Å². The normalized spacial score (nSPS) is 12.3. The minimum atomic E-state index is -0.504. The molecular weight excluding hydrogens is 346 g/mol. The van der Waals surface area contributed by atoms with Crippen LogP contribution in [-0.4, -0.2) is 12.6 Å². The van der Waals surface area contributed by atoms with Gasteiger partial charge < -0.3 is 4.90 Å². The van der Waals surface area contributed by atoms with E-state index in [0.29, 0.717) is 12.2 Å². The van der Waals surface area contributed by atoms with Crippen LogP contribution in [0.1, 0.15) is 17.3 Å². The quantitative estimate of drug-likeness (QED) is 0.342. The summed E-state index contributed by atoms with van der Waals surface area (Å²) < 4.78 is 0. The Kier molecular flexibility index (Phi) is 4.65. The minimum Gasteiger partial charge on any atom is -0.307 e. The van der Waals surface area contributed by atoms with Crippen LogP contribution in [0.3, 0.4) is 0 Å². The van der Waals surface area contributed by atoms with Gasteiger partial charge in [-0.05, 0) is 43.3 Å². The zero-order valence-corrected chi connectivity index (χ0v) is 15.0. The van der Waals surface area contributed by atoms with Gasteiger partial charge in [0.1, 0.15) is 0 Å². The lowest BCUT2D eigenvalue weighted by Gasteiger charge is -2.33. The van der Waals surface area contributed by atoms with Crippen LogP contribution in [0.5, 0.6) is 0 Å². The van der Waals surface area contributed by atoms with Crippen LogP contribution in [0, 0.1) is 0 Å². The molecule has 0 bridgehead atoms. The molecule has 3 aromatic rings. The average molecular weight is 363 g/mol. The third-order valence-corrected chi connectivity index (χ3v) is 5.18. The van der Waals surface area contributed by atoms with Gasteiger partial charge >= 0.3 is 5.97 Å². The van der Waals surface area contributed by atoms with E-state index in [2.05, 4.69) is 29.2 Å². The first-order valence-electron chi connectivity index (χ1n) is 8.38. The molecule has 26 heavy (non-hydrogen) atoms. The standard InChI is InChI=1S/C21H17NO3S/c1-2-24-25-21(23)15-9-3-4-10-16(15)22-17-11-5-7-13-19(17)26-20-14-8-6-12-18(20)22/h3-14H,2H2,1H3. The molecule has 0 radical (unpaired) electrons. The maximum Gasteiger partial charge on any atom is 0.375 e. The lowest BCUT2D eigenvalue weighted by molar-refractivity contribution is -0.236. The monoisotopic (exact) mass is 363 g/mol. The number of nitrogens with zero attached hydrogens (tertiary/aromatic N) is 1. The lowest BCUT2D eigenvalue weighted by atomic mass is 10.1. The topological polar surface area (TPSA) is 38.8 Å². The summed E-state index contributed by atoms with van der Waals surface area (Å²) in [5.41, 5.74) is 3.29. The highest BCUT2D eigenvalue weighted by molar-refractivity contribution is 7.99. The Bertz CT molecular complexity index is 912. The van der Waals surface area contributed by atoms with Crippen molar-refractivity contribution < 1.29 is 14.6 Å². The van der Waals surface area contributed by atoms with Gasteiger partial charge in [0.2, 0.25) is 0 Å². The molecule has 130 valence electrons. The number of fused-ring (bicyclic) bond motifs is 2. The summed E-state index contributed by atoms with van der Waals surface area (Å²) in [4.78, 5) is 26.7. The Morgan fingerprint density at radius 1 is 0.846 bits per heavy atom. The zero-order valence-electron chi connectivity index (χ0n) is 14.2. The smallest absolute Gasteiger partial charge is 0.307 e. The number of carbonyl (C=O) groups is 1. The maximum absolute atomic E-state index is 12.5. The fraction of sp³-hybridized carbons (Fsp3) is 0.0952. The first kappa shape index (κ1) is 16.7. The molecule has 0 aliphatic carbocycles. The van der Waals surface area contributed by atoms with Gasteiger partial charge in [-0.3, -0.25) is 4.89 Å². The van der Waals surface area contributed by atoms with Crippen molar-refractivity contribution in [2.75, 3.05) is 11.5 Å². The van der Waals surface area contributed by atoms with Gasteiger partial charge in [-0.25, -0.2) is 4.79 Å². The maximum atomic E-state index is 12.5. The summed E-state index contributed by atoms with van der Waals surface area (Å²) >= 11 is 1.73. The van der Waals surface area contributed by atoms with E-state index in [1.165, 1.54) is 0 Å². The molecule has 0 unspecified atom stereocenters. The summed E-state index contributed by atoms with van der Waals surface area (Å²) in [5, 5.41) is 0. The summed E-state index contributed by atoms with van der Waals surface area (Å²) in [7, 11) is 0. The van der Waals surface area contributed by atoms with Crippen LogP contribution in [0.15, 0.2) is 82.6 Å². The molecule has 0 saturated heterocycles. The predicted molar refractivity (Wildman–Crippen MR) is 102 cm³/mol. The molecule has 1 heterocycles. The second-order valence-corrected chi connectivity index (χ2v) is 6.75. The van der Waals surface area contributed by atoms with Crippen molar-refractivity contribution in [2.24, 2.45) is 0 Å². The van der Waals surface area contributed by atoms with Crippen LogP contribution in [0.4, 0.5) is 17.1 Å². The third kappa shape index (κ3) is 2.96. The van der Waals surface area contributed by atoms with E-state index in [1.54, 1.807) is 24.8 Å². The van der Waals surface area contributed by atoms with Gasteiger partial charge in [0.15, 0.2) is 0 Å². The van der Waals surface area contributed by atoms with Crippen molar-refractivity contribution in [3.63, 3.8) is 0 Å². The molecule has 0 atom stereocenters. The SMILES string of the molecule is CCOOC(=O)c1ccccc1N1c2ccccc2Sc2ccccc21. The van der Waals surface area contributed by atoms with Crippen molar-refractivity contribution in [1.82, 2.24) is 0 Å². The molecule has 4 nitrogen and oxygen atoms in total. The van der Waals surface area contributed by atoms with Crippen LogP contribution in [-0.2, 0) is 9.78 Å². The van der Waals surface area contributed by atoms with Crippen molar-refractivity contribution in [3.8, 4) is 0 Å². The van der Waals surface area contributed by atoms with E-state index < -0.39 is 5.97 Å². The minimum absolute atomic E-state index is 0.305. The summed E-state index contributed by atoms with van der Waals surface area (Å²) in [6.07, 6.45) is 0. The molecular formula is C21H17NO3S. The number of hydrogen-bond donors (Lipinski definition) is 0. The molecule has 0 amide bonds. The van der Waals surface area contributed by atoms with Crippen LogP contribution in [0.2, 0.25) is 0 Å². The lowest BCUT2D eigenvalue weighted by Crippen LogP contribution is -2.18. The fourth-order valence-corrected chi connectivity index (χ4v) is 4.02. The first-order chi connectivity index (χ1) is 12.8. The second-order valence-electron chi connectivity index (χ2n) is 5.67. The second kappa shape index (κ2) is 7.23. The number of anilines is 3. The fourth-order valence-electron chi connectivity index (χ4n) is 2.96. The van der Waals surface area contributed by atoms with E-state index in [0.717, 1.165) is 26.9 Å². The number of benzene rings is 3. The average Bonchev–Trinajstić information content (AvgIpc) is 2.70. The molecule has 0 saturated carbocycles. The summed E-state index contributed by atoms with van der Waals surface area (Å²) in [6.45, 7) is 2.08. The molecule has 3 aromatic carbocycles. The van der Waals surface area contributed by atoms with E-state index in [1.807, 2.05) is 42.5 Å². The molecule has 0 fully saturated rings. The van der Waals surface area contributed by atoms with Crippen molar-refractivity contribution in [3.05, 3.63) is 78.4 Å². The molecule has 4 rings (SSSR count). The zero-order chi connectivity index (χ0) is 17.9. The highest BCUT2D eigenvalue weighted by atomic mass is 32.2. The first-order valence-corrected chi connectivity index (χ1v) is 9.20. The van der Waals surface area contributed by atoms with Gasteiger partial charge in [0.25, 0.3) is 0 Å². The van der Waals surface area contributed by atoms with Crippen molar-refractivity contribution >= 4 is 34.8 Å². The Morgan fingerprint density at radius 3 is 2.00 bits per heavy atom. The highest BCUT2D eigenvalue weighted by Crippen LogP contribution is 2.51. The molecule has 0 N–H and O–H groups in total. The molecule has 1 aliphatic rings. The number of carbonyl (C=O) groups excluding carboxylic acids is 1. The van der Waals surface area contributed by atoms with E-state index in [9.17, 15) is 4.79 Å². The van der Waals surface area contributed by atoms with Crippen LogP contribution >= 0.6 is 11.8 Å². The summed E-state index contributed by atoms with van der Waals surface area (Å²) in [6, 6.07) is 23.8. The van der Waals surface area contributed by atoms with Gasteiger partial charge in [0, 0.05) is 9.79 Å². The van der Waals surface area contributed by atoms with Crippen LogP contribution < -0.4 is 4.90 Å². The number of para-hydroxylation sites is 3. The molecule has 1 aliphatic heterocycles. The van der Waals surface area contributed by atoms with E-state index in [-0.39, 0.29) is 0 Å². The molecule has 0 spiro atoms. The van der Waals surface area contributed by atoms with Gasteiger partial charge in [-0.2, -0.15) is 4.89 Å². The Balaban J connectivity index is 1.88.